The van der Waals surface area contributed by atoms with Gasteiger partial charge in [-0.1, -0.05) is 31.2 Å². The highest BCUT2D eigenvalue weighted by Gasteiger charge is 2.15. The number of benzene rings is 1. The summed E-state index contributed by atoms with van der Waals surface area (Å²) in [5, 5.41) is 1.17. The molecule has 0 atom stereocenters. The summed E-state index contributed by atoms with van der Waals surface area (Å²) in [6.45, 7) is 8.93. The number of likely N-dealkylation sites (N-methyl/N-ethyl adjacent to an activating group) is 1. The Balaban J connectivity index is 1.46. The number of hydrogen-bond acceptors (Lipinski definition) is 4. The minimum atomic E-state index is 0.942. The second-order valence-electron chi connectivity index (χ2n) is 6.66. The van der Waals surface area contributed by atoms with Gasteiger partial charge < -0.3 is 4.90 Å². The number of fused-ring (bicyclic) bond motifs is 1. The molecule has 0 spiro atoms. The van der Waals surface area contributed by atoms with Crippen LogP contribution in [0.2, 0.25) is 0 Å². The average molecular weight is 332 g/mol. The SMILES string of the molecule is CCN1CCN(Cc2ccc(-c3ccc4cccnc4c3)cn2)CC1. The number of rotatable bonds is 4. The molecule has 4 nitrogen and oxygen atoms in total. The molecule has 1 fully saturated rings. The van der Waals surface area contributed by atoms with E-state index in [-0.39, 0.29) is 0 Å². The van der Waals surface area contributed by atoms with Crippen LogP contribution >= 0.6 is 0 Å². The molecule has 2 aromatic heterocycles. The van der Waals surface area contributed by atoms with E-state index in [4.69, 9.17) is 4.98 Å². The van der Waals surface area contributed by atoms with Crippen molar-refractivity contribution in [1.29, 1.82) is 0 Å². The summed E-state index contributed by atoms with van der Waals surface area (Å²) in [4.78, 5) is 14.1. The Morgan fingerprint density at radius 2 is 1.68 bits per heavy atom. The van der Waals surface area contributed by atoms with Crippen LogP contribution in [0.1, 0.15) is 12.6 Å². The van der Waals surface area contributed by atoms with Crippen LogP contribution in [-0.4, -0.2) is 52.5 Å². The molecular weight excluding hydrogens is 308 g/mol. The molecule has 0 bridgehead atoms. The first-order valence-electron chi connectivity index (χ1n) is 9.06. The highest BCUT2D eigenvalue weighted by Crippen LogP contribution is 2.23. The van der Waals surface area contributed by atoms with Crippen molar-refractivity contribution in [3.63, 3.8) is 0 Å². The van der Waals surface area contributed by atoms with Gasteiger partial charge >= 0.3 is 0 Å². The maximum absolute atomic E-state index is 4.69. The van der Waals surface area contributed by atoms with E-state index >= 15 is 0 Å². The van der Waals surface area contributed by atoms with E-state index in [0.29, 0.717) is 0 Å². The molecule has 0 amide bonds. The van der Waals surface area contributed by atoms with Gasteiger partial charge in [-0.15, -0.1) is 0 Å². The van der Waals surface area contributed by atoms with Crippen molar-refractivity contribution >= 4 is 10.9 Å². The van der Waals surface area contributed by atoms with E-state index < -0.39 is 0 Å². The third-order valence-corrected chi connectivity index (χ3v) is 5.06. The minimum absolute atomic E-state index is 0.942. The van der Waals surface area contributed by atoms with Crippen molar-refractivity contribution in [3.8, 4) is 11.1 Å². The predicted octanol–water partition coefficient (Wildman–Crippen LogP) is 3.43. The molecule has 0 radical (unpaired) electrons. The van der Waals surface area contributed by atoms with Gasteiger partial charge in [0.05, 0.1) is 11.2 Å². The summed E-state index contributed by atoms with van der Waals surface area (Å²) in [7, 11) is 0. The van der Waals surface area contributed by atoms with Gasteiger partial charge in [-0.25, -0.2) is 0 Å². The number of nitrogens with zero attached hydrogens (tertiary/aromatic N) is 4. The van der Waals surface area contributed by atoms with Crippen molar-refractivity contribution in [2.75, 3.05) is 32.7 Å². The smallest absolute Gasteiger partial charge is 0.0708 e. The standard InChI is InChI=1S/C21H24N4/c1-2-24-10-12-25(13-11-24)16-20-8-7-19(15-23-20)18-6-5-17-4-3-9-22-21(17)14-18/h3-9,14-15H,2,10-13,16H2,1H3. The Kier molecular flexibility index (Phi) is 4.72. The van der Waals surface area contributed by atoms with E-state index in [9.17, 15) is 0 Å². The van der Waals surface area contributed by atoms with Gasteiger partial charge in [-0.05, 0) is 30.3 Å². The zero-order valence-electron chi connectivity index (χ0n) is 14.7. The van der Waals surface area contributed by atoms with Gasteiger partial charge in [0.25, 0.3) is 0 Å². The van der Waals surface area contributed by atoms with Crippen molar-refractivity contribution < 1.29 is 0 Å². The van der Waals surface area contributed by atoms with Crippen molar-refractivity contribution in [1.82, 2.24) is 19.8 Å². The molecule has 0 unspecified atom stereocenters. The van der Waals surface area contributed by atoms with Crippen LogP contribution in [0.25, 0.3) is 22.0 Å². The average Bonchev–Trinajstić information content (AvgIpc) is 2.69. The third-order valence-electron chi connectivity index (χ3n) is 5.06. The summed E-state index contributed by atoms with van der Waals surface area (Å²) in [6.07, 6.45) is 3.83. The Hall–Kier alpha value is -2.30. The van der Waals surface area contributed by atoms with Crippen molar-refractivity contribution in [3.05, 3.63) is 60.6 Å². The van der Waals surface area contributed by atoms with Crippen LogP contribution in [-0.2, 0) is 6.54 Å². The monoisotopic (exact) mass is 332 g/mol. The highest BCUT2D eigenvalue weighted by atomic mass is 15.3. The fourth-order valence-corrected chi connectivity index (χ4v) is 3.43. The van der Waals surface area contributed by atoms with Gasteiger partial charge in [0.1, 0.15) is 0 Å². The molecule has 4 heteroatoms. The van der Waals surface area contributed by atoms with Crippen molar-refractivity contribution in [2.24, 2.45) is 0 Å². The van der Waals surface area contributed by atoms with Gasteiger partial charge in [0.2, 0.25) is 0 Å². The molecule has 4 rings (SSSR count). The van der Waals surface area contributed by atoms with E-state index in [1.807, 2.05) is 18.5 Å². The number of piperazine rings is 1. The van der Waals surface area contributed by atoms with Crippen LogP contribution in [0.5, 0.6) is 0 Å². The van der Waals surface area contributed by atoms with Gasteiger partial charge in [-0.2, -0.15) is 0 Å². The fraction of sp³-hybridized carbons (Fsp3) is 0.333. The number of aromatic nitrogens is 2. The Bertz CT molecular complexity index is 836. The normalized spacial score (nSPS) is 16.4. The maximum atomic E-state index is 4.69. The third kappa shape index (κ3) is 3.70. The fourth-order valence-electron chi connectivity index (χ4n) is 3.43. The summed E-state index contributed by atoms with van der Waals surface area (Å²) in [6, 6.07) is 14.8. The Labute approximate surface area is 149 Å². The van der Waals surface area contributed by atoms with Crippen LogP contribution in [0.4, 0.5) is 0 Å². The quantitative estimate of drug-likeness (QED) is 0.733. The molecular formula is C21H24N4. The van der Waals surface area contributed by atoms with E-state index in [1.165, 1.54) is 24.0 Å². The minimum Gasteiger partial charge on any atom is -0.301 e. The molecule has 1 aliphatic heterocycles. The first-order chi connectivity index (χ1) is 12.3. The molecule has 3 heterocycles. The zero-order chi connectivity index (χ0) is 17.1. The lowest BCUT2D eigenvalue weighted by atomic mass is 10.1. The first-order valence-corrected chi connectivity index (χ1v) is 9.06. The summed E-state index contributed by atoms with van der Waals surface area (Å²) in [5.74, 6) is 0. The van der Waals surface area contributed by atoms with E-state index in [2.05, 4.69) is 58.1 Å². The molecule has 1 saturated heterocycles. The molecule has 0 saturated carbocycles. The summed E-state index contributed by atoms with van der Waals surface area (Å²) >= 11 is 0. The molecule has 0 aliphatic carbocycles. The molecule has 25 heavy (non-hydrogen) atoms. The highest BCUT2D eigenvalue weighted by molar-refractivity contribution is 5.83. The summed E-state index contributed by atoms with van der Waals surface area (Å²) in [5.41, 5.74) is 4.49. The van der Waals surface area contributed by atoms with Gasteiger partial charge in [0, 0.05) is 56.1 Å². The zero-order valence-corrected chi connectivity index (χ0v) is 14.7. The maximum Gasteiger partial charge on any atom is 0.0708 e. The van der Waals surface area contributed by atoms with E-state index in [1.54, 1.807) is 0 Å². The molecule has 1 aromatic carbocycles. The molecule has 3 aromatic rings. The lowest BCUT2D eigenvalue weighted by Gasteiger charge is -2.33. The molecule has 0 N–H and O–H groups in total. The second kappa shape index (κ2) is 7.30. The number of pyridine rings is 2. The molecule has 128 valence electrons. The topological polar surface area (TPSA) is 32.3 Å². The largest absolute Gasteiger partial charge is 0.301 e. The lowest BCUT2D eigenvalue weighted by Crippen LogP contribution is -2.45. The second-order valence-corrected chi connectivity index (χ2v) is 6.66. The van der Waals surface area contributed by atoms with Gasteiger partial charge in [0.15, 0.2) is 0 Å². The van der Waals surface area contributed by atoms with Crippen LogP contribution in [0, 0.1) is 0 Å². The lowest BCUT2D eigenvalue weighted by molar-refractivity contribution is 0.131. The number of hydrogen-bond donors (Lipinski definition) is 0. The molecule has 1 aliphatic rings. The van der Waals surface area contributed by atoms with Crippen molar-refractivity contribution in [2.45, 2.75) is 13.5 Å². The Morgan fingerprint density at radius 3 is 2.44 bits per heavy atom. The Morgan fingerprint density at radius 1 is 0.880 bits per heavy atom. The summed E-state index contributed by atoms with van der Waals surface area (Å²) < 4.78 is 0. The van der Waals surface area contributed by atoms with Crippen LogP contribution < -0.4 is 0 Å². The first kappa shape index (κ1) is 16.2. The van der Waals surface area contributed by atoms with E-state index in [0.717, 1.165) is 43.0 Å². The predicted molar refractivity (Wildman–Crippen MR) is 102 cm³/mol. The van der Waals surface area contributed by atoms with Crippen LogP contribution in [0.15, 0.2) is 54.9 Å². The van der Waals surface area contributed by atoms with Gasteiger partial charge in [-0.3, -0.25) is 14.9 Å². The van der Waals surface area contributed by atoms with Crippen LogP contribution in [0.3, 0.4) is 0 Å².